The molecule has 2 amide bonds. The van der Waals surface area contributed by atoms with Gasteiger partial charge in [-0.1, -0.05) is 30.3 Å². The Morgan fingerprint density at radius 2 is 1.88 bits per heavy atom. The summed E-state index contributed by atoms with van der Waals surface area (Å²) in [7, 11) is 2.00. The highest BCUT2D eigenvalue weighted by molar-refractivity contribution is 5.93. The zero-order valence-electron chi connectivity index (χ0n) is 14.5. The first-order valence-corrected chi connectivity index (χ1v) is 8.26. The van der Waals surface area contributed by atoms with Crippen LogP contribution in [-0.2, 0) is 6.54 Å². The van der Waals surface area contributed by atoms with Gasteiger partial charge in [0, 0.05) is 13.1 Å². The smallest absolute Gasteiger partial charge is 0.335 e. The predicted molar refractivity (Wildman–Crippen MR) is 97.8 cm³/mol. The van der Waals surface area contributed by atoms with Crippen LogP contribution in [0, 0.1) is 5.82 Å². The number of carbonyl (C=O) groups excluding carboxylic acids is 1. The number of anilines is 1. The van der Waals surface area contributed by atoms with Gasteiger partial charge in [-0.2, -0.15) is 0 Å². The molecule has 2 aromatic rings. The highest BCUT2D eigenvalue weighted by Gasteiger charge is 2.11. The lowest BCUT2D eigenvalue weighted by atomic mass is 10.2. The average Bonchev–Trinajstić information content (AvgIpc) is 2.61. The van der Waals surface area contributed by atoms with E-state index in [1.54, 1.807) is 0 Å². The first-order valence-electron chi connectivity index (χ1n) is 8.26. The van der Waals surface area contributed by atoms with E-state index in [9.17, 15) is 14.0 Å². The molecule has 0 bridgehead atoms. The third-order valence-corrected chi connectivity index (χ3v) is 3.76. The first-order chi connectivity index (χ1) is 12.5. The second-order valence-corrected chi connectivity index (χ2v) is 5.96. The van der Waals surface area contributed by atoms with Crippen LogP contribution in [0.15, 0.2) is 48.5 Å². The first kappa shape index (κ1) is 19.4. The van der Waals surface area contributed by atoms with Crippen molar-refractivity contribution in [1.82, 2.24) is 10.2 Å². The van der Waals surface area contributed by atoms with Crippen LogP contribution < -0.4 is 10.6 Å². The third kappa shape index (κ3) is 6.18. The van der Waals surface area contributed by atoms with E-state index in [1.165, 1.54) is 5.56 Å². The number of halogens is 1. The lowest BCUT2D eigenvalue weighted by molar-refractivity contribution is 0.0697. The molecule has 2 rings (SSSR count). The van der Waals surface area contributed by atoms with Crippen molar-refractivity contribution in [3.05, 3.63) is 65.5 Å². The minimum atomic E-state index is -1.19. The maximum atomic E-state index is 13.7. The Kier molecular flexibility index (Phi) is 7.11. The van der Waals surface area contributed by atoms with Gasteiger partial charge >= 0.3 is 12.0 Å². The van der Waals surface area contributed by atoms with Crippen molar-refractivity contribution in [2.45, 2.75) is 13.0 Å². The Hall–Kier alpha value is -2.93. The number of urea groups is 1. The second-order valence-electron chi connectivity index (χ2n) is 5.96. The molecule has 0 atom stereocenters. The number of hydrogen-bond acceptors (Lipinski definition) is 3. The Morgan fingerprint density at radius 3 is 2.58 bits per heavy atom. The number of nitrogens with one attached hydrogen (secondary N) is 2. The van der Waals surface area contributed by atoms with Gasteiger partial charge in [0.2, 0.25) is 0 Å². The van der Waals surface area contributed by atoms with E-state index in [4.69, 9.17) is 5.11 Å². The minimum absolute atomic E-state index is 0.0933. The Morgan fingerprint density at radius 1 is 1.15 bits per heavy atom. The van der Waals surface area contributed by atoms with E-state index in [-0.39, 0.29) is 11.3 Å². The molecule has 0 aliphatic heterocycles. The molecule has 0 aliphatic rings. The molecular formula is C19H22FN3O3. The monoisotopic (exact) mass is 359 g/mol. The largest absolute Gasteiger partial charge is 0.478 e. The quantitative estimate of drug-likeness (QED) is 0.633. The number of benzene rings is 2. The second kappa shape index (κ2) is 9.53. The van der Waals surface area contributed by atoms with Crippen LogP contribution in [0.5, 0.6) is 0 Å². The fourth-order valence-electron chi connectivity index (χ4n) is 2.45. The standard InChI is InChI=1S/C19H22FN3O3/c1-23(13-14-6-3-2-4-7-14)11-5-10-21-19(26)22-17-12-15(18(24)25)8-9-16(17)20/h2-4,6-9,12H,5,10-11,13H2,1H3,(H,24,25)(H2,21,22,26). The van der Waals surface area contributed by atoms with Gasteiger partial charge in [-0.15, -0.1) is 0 Å². The van der Waals surface area contributed by atoms with Gasteiger partial charge in [-0.05, 0) is 43.8 Å². The third-order valence-electron chi connectivity index (χ3n) is 3.76. The van der Waals surface area contributed by atoms with Crippen molar-refractivity contribution >= 4 is 17.7 Å². The highest BCUT2D eigenvalue weighted by Crippen LogP contribution is 2.16. The van der Waals surface area contributed by atoms with E-state index in [0.29, 0.717) is 6.54 Å². The lowest BCUT2D eigenvalue weighted by Gasteiger charge is -2.17. The van der Waals surface area contributed by atoms with Crippen molar-refractivity contribution in [2.75, 3.05) is 25.5 Å². The molecule has 0 unspecified atom stereocenters. The van der Waals surface area contributed by atoms with E-state index in [1.807, 2.05) is 25.2 Å². The van der Waals surface area contributed by atoms with Crippen molar-refractivity contribution in [1.29, 1.82) is 0 Å². The van der Waals surface area contributed by atoms with E-state index in [2.05, 4.69) is 27.7 Å². The fraction of sp³-hybridized carbons (Fsp3) is 0.263. The molecule has 0 radical (unpaired) electrons. The summed E-state index contributed by atoms with van der Waals surface area (Å²) in [4.78, 5) is 24.9. The number of hydrogen-bond donors (Lipinski definition) is 3. The molecule has 7 heteroatoms. The number of carbonyl (C=O) groups is 2. The minimum Gasteiger partial charge on any atom is -0.478 e. The Bertz CT molecular complexity index is 753. The van der Waals surface area contributed by atoms with Crippen molar-refractivity contribution in [3.8, 4) is 0 Å². The zero-order chi connectivity index (χ0) is 18.9. The SMILES string of the molecule is CN(CCCNC(=O)Nc1cc(C(=O)O)ccc1F)Cc1ccccc1. The van der Waals surface area contributed by atoms with Gasteiger partial charge in [0.15, 0.2) is 0 Å². The summed E-state index contributed by atoms with van der Waals surface area (Å²) in [6.45, 7) is 2.03. The number of carboxylic acid groups (broad SMARTS) is 1. The molecule has 3 N–H and O–H groups in total. The van der Waals surface area contributed by atoms with Crippen molar-refractivity contribution < 1.29 is 19.1 Å². The highest BCUT2D eigenvalue weighted by atomic mass is 19.1. The molecule has 0 saturated carbocycles. The summed E-state index contributed by atoms with van der Waals surface area (Å²) in [5.74, 6) is -1.87. The fourth-order valence-corrected chi connectivity index (χ4v) is 2.45. The normalized spacial score (nSPS) is 10.6. The van der Waals surface area contributed by atoms with Crippen molar-refractivity contribution in [3.63, 3.8) is 0 Å². The van der Waals surface area contributed by atoms with Crippen molar-refractivity contribution in [2.24, 2.45) is 0 Å². The van der Waals surface area contributed by atoms with Gasteiger partial charge in [-0.3, -0.25) is 0 Å². The Labute approximate surface area is 151 Å². The molecule has 0 spiro atoms. The molecule has 0 aromatic heterocycles. The van der Waals surface area contributed by atoms with Crippen LogP contribution in [0.4, 0.5) is 14.9 Å². The summed E-state index contributed by atoms with van der Waals surface area (Å²) >= 11 is 0. The average molecular weight is 359 g/mol. The summed E-state index contributed by atoms with van der Waals surface area (Å²) in [5, 5.41) is 13.9. The summed E-state index contributed by atoms with van der Waals surface area (Å²) in [6.07, 6.45) is 0.731. The molecule has 26 heavy (non-hydrogen) atoms. The number of carboxylic acids is 1. The maximum absolute atomic E-state index is 13.7. The van der Waals surface area contributed by atoms with Gasteiger partial charge in [0.1, 0.15) is 5.82 Å². The van der Waals surface area contributed by atoms with Crippen LogP contribution in [0.2, 0.25) is 0 Å². The molecule has 0 heterocycles. The summed E-state index contributed by atoms with van der Waals surface area (Å²) in [5.41, 5.74) is 0.960. The Balaban J connectivity index is 1.72. The topological polar surface area (TPSA) is 81.7 Å². The van der Waals surface area contributed by atoms with Gasteiger partial charge < -0.3 is 20.6 Å². The van der Waals surface area contributed by atoms with Gasteiger partial charge in [0.05, 0.1) is 11.3 Å². The van der Waals surface area contributed by atoms with E-state index in [0.717, 1.165) is 37.7 Å². The number of rotatable bonds is 8. The predicted octanol–water partition coefficient (Wildman–Crippen LogP) is 3.17. The lowest BCUT2D eigenvalue weighted by Crippen LogP contribution is -2.32. The van der Waals surface area contributed by atoms with Crippen LogP contribution in [0.3, 0.4) is 0 Å². The molecule has 2 aromatic carbocycles. The number of nitrogens with zero attached hydrogens (tertiary/aromatic N) is 1. The van der Waals surface area contributed by atoms with Crippen LogP contribution in [0.1, 0.15) is 22.3 Å². The van der Waals surface area contributed by atoms with Gasteiger partial charge in [0.25, 0.3) is 0 Å². The maximum Gasteiger partial charge on any atom is 0.335 e. The number of amides is 2. The van der Waals surface area contributed by atoms with Crippen LogP contribution in [0.25, 0.3) is 0 Å². The van der Waals surface area contributed by atoms with E-state index >= 15 is 0 Å². The molecule has 6 nitrogen and oxygen atoms in total. The molecule has 0 saturated heterocycles. The van der Waals surface area contributed by atoms with Crippen LogP contribution in [-0.4, -0.2) is 42.1 Å². The molecular weight excluding hydrogens is 337 g/mol. The molecule has 0 aliphatic carbocycles. The molecule has 138 valence electrons. The van der Waals surface area contributed by atoms with E-state index < -0.39 is 17.8 Å². The summed E-state index contributed by atoms with van der Waals surface area (Å²) in [6, 6.07) is 12.7. The summed E-state index contributed by atoms with van der Waals surface area (Å²) < 4.78 is 13.7. The molecule has 0 fully saturated rings. The van der Waals surface area contributed by atoms with Gasteiger partial charge in [-0.25, -0.2) is 14.0 Å². The zero-order valence-corrected chi connectivity index (χ0v) is 14.5. The van der Waals surface area contributed by atoms with Crippen LogP contribution >= 0.6 is 0 Å². The number of aromatic carboxylic acids is 1.